The third kappa shape index (κ3) is 4.39. The molecule has 6 nitrogen and oxygen atoms in total. The predicted molar refractivity (Wildman–Crippen MR) is 70.6 cm³/mol. The van der Waals surface area contributed by atoms with Gasteiger partial charge in [0.05, 0.1) is 25.1 Å². The Balaban J connectivity index is 2.41. The van der Waals surface area contributed by atoms with Crippen LogP contribution in [-0.4, -0.2) is 34.8 Å². The molecule has 0 unspecified atom stereocenters. The van der Waals surface area contributed by atoms with Crippen LogP contribution in [-0.2, 0) is 27.8 Å². The maximum atomic E-state index is 11.8. The first-order chi connectivity index (χ1) is 8.95. The van der Waals surface area contributed by atoms with E-state index in [4.69, 9.17) is 4.74 Å². The first-order valence-corrected chi connectivity index (χ1v) is 6.37. The van der Waals surface area contributed by atoms with Crippen LogP contribution in [0.25, 0.3) is 0 Å². The van der Waals surface area contributed by atoms with Crippen molar-refractivity contribution >= 4 is 11.9 Å². The highest BCUT2D eigenvalue weighted by atomic mass is 16.5. The van der Waals surface area contributed by atoms with E-state index in [0.29, 0.717) is 13.2 Å². The van der Waals surface area contributed by atoms with Gasteiger partial charge in [-0.15, -0.1) is 0 Å². The molecule has 6 heteroatoms. The van der Waals surface area contributed by atoms with E-state index in [2.05, 4.69) is 10.4 Å². The number of rotatable bonds is 6. The number of carbonyl (C=O) groups excluding carboxylic acids is 2. The molecule has 0 aliphatic carbocycles. The highest BCUT2D eigenvalue weighted by molar-refractivity contribution is 5.79. The second kappa shape index (κ2) is 6.92. The van der Waals surface area contributed by atoms with Crippen molar-refractivity contribution in [1.82, 2.24) is 15.1 Å². The van der Waals surface area contributed by atoms with E-state index in [0.717, 1.165) is 17.0 Å². The zero-order valence-corrected chi connectivity index (χ0v) is 11.9. The lowest BCUT2D eigenvalue weighted by molar-refractivity contribution is -0.143. The maximum Gasteiger partial charge on any atom is 0.307 e. The van der Waals surface area contributed by atoms with E-state index in [9.17, 15) is 9.59 Å². The second-order valence-electron chi connectivity index (χ2n) is 4.35. The van der Waals surface area contributed by atoms with Crippen LogP contribution in [0.15, 0.2) is 0 Å². The van der Waals surface area contributed by atoms with Crippen LogP contribution >= 0.6 is 0 Å². The summed E-state index contributed by atoms with van der Waals surface area (Å²) < 4.78 is 6.54. The molecular weight excluding hydrogens is 246 g/mol. The van der Waals surface area contributed by atoms with Crippen molar-refractivity contribution in [3.8, 4) is 0 Å². The molecule has 0 aromatic carbocycles. The Hall–Kier alpha value is -1.85. The number of nitrogens with one attached hydrogen (secondary N) is 1. The highest BCUT2D eigenvalue weighted by Crippen LogP contribution is 2.12. The number of nitrogens with zero attached hydrogens (tertiary/aromatic N) is 2. The minimum Gasteiger partial charge on any atom is -0.466 e. The molecule has 1 aromatic rings. The lowest BCUT2D eigenvalue weighted by atomic mass is 10.1. The Labute approximate surface area is 113 Å². The third-order valence-corrected chi connectivity index (χ3v) is 2.95. The highest BCUT2D eigenvalue weighted by Gasteiger charge is 2.13. The fourth-order valence-corrected chi connectivity index (χ4v) is 1.83. The average Bonchev–Trinajstić information content (AvgIpc) is 2.56. The number of hydrogen-bond acceptors (Lipinski definition) is 4. The Morgan fingerprint density at radius 1 is 1.37 bits per heavy atom. The normalized spacial score (nSPS) is 10.3. The van der Waals surface area contributed by atoms with E-state index < -0.39 is 0 Å². The van der Waals surface area contributed by atoms with Gasteiger partial charge in [-0.1, -0.05) is 0 Å². The van der Waals surface area contributed by atoms with Gasteiger partial charge >= 0.3 is 5.97 Å². The topological polar surface area (TPSA) is 73.2 Å². The summed E-state index contributed by atoms with van der Waals surface area (Å²) in [6, 6.07) is 0. The molecule has 106 valence electrons. The molecule has 0 radical (unpaired) electrons. The molecule has 19 heavy (non-hydrogen) atoms. The largest absolute Gasteiger partial charge is 0.466 e. The molecule has 0 bridgehead atoms. The van der Waals surface area contributed by atoms with E-state index in [1.54, 1.807) is 11.6 Å². The number of amides is 1. The van der Waals surface area contributed by atoms with E-state index in [1.165, 1.54) is 0 Å². The van der Waals surface area contributed by atoms with Gasteiger partial charge in [-0.25, -0.2) is 0 Å². The van der Waals surface area contributed by atoms with Crippen LogP contribution in [0, 0.1) is 13.8 Å². The number of aromatic nitrogens is 2. The van der Waals surface area contributed by atoms with Crippen LogP contribution in [0.5, 0.6) is 0 Å². The van der Waals surface area contributed by atoms with Gasteiger partial charge in [-0.2, -0.15) is 5.10 Å². The Morgan fingerprint density at radius 2 is 2.05 bits per heavy atom. The average molecular weight is 267 g/mol. The van der Waals surface area contributed by atoms with Crippen molar-refractivity contribution < 1.29 is 14.3 Å². The summed E-state index contributed by atoms with van der Waals surface area (Å²) in [5, 5.41) is 6.97. The van der Waals surface area contributed by atoms with Crippen molar-refractivity contribution in [2.24, 2.45) is 7.05 Å². The molecule has 0 spiro atoms. The van der Waals surface area contributed by atoms with Crippen molar-refractivity contribution in [3.05, 3.63) is 17.0 Å². The summed E-state index contributed by atoms with van der Waals surface area (Å²) in [5.74, 6) is -0.403. The molecule has 1 N–H and O–H groups in total. The van der Waals surface area contributed by atoms with Gasteiger partial charge in [0.2, 0.25) is 5.91 Å². The van der Waals surface area contributed by atoms with Crippen LogP contribution in [0.2, 0.25) is 0 Å². The molecule has 0 aliphatic heterocycles. The van der Waals surface area contributed by atoms with Gasteiger partial charge in [0.15, 0.2) is 0 Å². The minimum atomic E-state index is -0.295. The summed E-state index contributed by atoms with van der Waals surface area (Å²) in [7, 11) is 1.85. The van der Waals surface area contributed by atoms with E-state index >= 15 is 0 Å². The molecule has 0 aliphatic rings. The van der Waals surface area contributed by atoms with E-state index in [-0.39, 0.29) is 24.7 Å². The molecule has 1 aromatic heterocycles. The fraction of sp³-hybridized carbons (Fsp3) is 0.615. The van der Waals surface area contributed by atoms with Crippen LogP contribution in [0.1, 0.15) is 30.3 Å². The summed E-state index contributed by atoms with van der Waals surface area (Å²) >= 11 is 0. The zero-order valence-electron chi connectivity index (χ0n) is 11.9. The predicted octanol–water partition coefficient (Wildman–Crippen LogP) is 0.649. The monoisotopic (exact) mass is 267 g/mol. The third-order valence-electron chi connectivity index (χ3n) is 2.95. The number of aryl methyl sites for hydroxylation is 2. The Morgan fingerprint density at radius 3 is 2.58 bits per heavy atom. The van der Waals surface area contributed by atoms with Gasteiger partial charge in [-0.3, -0.25) is 14.3 Å². The Kier molecular flexibility index (Phi) is 5.54. The van der Waals surface area contributed by atoms with Gasteiger partial charge < -0.3 is 10.1 Å². The molecule has 0 saturated heterocycles. The van der Waals surface area contributed by atoms with Crippen molar-refractivity contribution in [2.45, 2.75) is 33.6 Å². The van der Waals surface area contributed by atoms with Crippen molar-refractivity contribution in [3.63, 3.8) is 0 Å². The quantitative estimate of drug-likeness (QED) is 0.768. The molecule has 0 atom stereocenters. The van der Waals surface area contributed by atoms with Gasteiger partial charge in [0.1, 0.15) is 0 Å². The number of carbonyl (C=O) groups is 2. The molecule has 1 heterocycles. The number of esters is 1. The molecule has 0 saturated carbocycles. The molecule has 1 amide bonds. The SMILES string of the molecule is CCOC(=O)CCNC(=O)Cc1c(C)nn(C)c1C. The zero-order chi connectivity index (χ0) is 14.4. The van der Waals surface area contributed by atoms with Gasteiger partial charge in [0, 0.05) is 24.8 Å². The second-order valence-corrected chi connectivity index (χ2v) is 4.35. The van der Waals surface area contributed by atoms with Gasteiger partial charge in [-0.05, 0) is 20.8 Å². The van der Waals surface area contributed by atoms with E-state index in [1.807, 2.05) is 20.9 Å². The van der Waals surface area contributed by atoms with Crippen molar-refractivity contribution in [2.75, 3.05) is 13.2 Å². The standard InChI is InChI=1S/C13H21N3O3/c1-5-19-13(18)6-7-14-12(17)8-11-9(2)15-16(4)10(11)3/h5-8H2,1-4H3,(H,14,17). The molecule has 1 rings (SSSR count). The first-order valence-electron chi connectivity index (χ1n) is 6.37. The van der Waals surface area contributed by atoms with Crippen LogP contribution in [0.4, 0.5) is 0 Å². The lowest BCUT2D eigenvalue weighted by Crippen LogP contribution is -2.28. The number of ether oxygens (including phenoxy) is 1. The van der Waals surface area contributed by atoms with Crippen molar-refractivity contribution in [1.29, 1.82) is 0 Å². The summed E-state index contributed by atoms with van der Waals surface area (Å²) in [4.78, 5) is 22.9. The first kappa shape index (κ1) is 15.2. The summed E-state index contributed by atoms with van der Waals surface area (Å²) in [5.41, 5.74) is 2.79. The molecule has 0 fully saturated rings. The fourth-order valence-electron chi connectivity index (χ4n) is 1.83. The smallest absolute Gasteiger partial charge is 0.307 e. The summed E-state index contributed by atoms with van der Waals surface area (Å²) in [6.45, 7) is 6.23. The number of hydrogen-bond donors (Lipinski definition) is 1. The van der Waals surface area contributed by atoms with Gasteiger partial charge in [0.25, 0.3) is 0 Å². The van der Waals surface area contributed by atoms with Crippen LogP contribution in [0.3, 0.4) is 0 Å². The lowest BCUT2D eigenvalue weighted by Gasteiger charge is -2.05. The van der Waals surface area contributed by atoms with Crippen LogP contribution < -0.4 is 5.32 Å². The minimum absolute atomic E-state index is 0.108. The summed E-state index contributed by atoms with van der Waals surface area (Å²) in [6.07, 6.45) is 0.485. The Bertz CT molecular complexity index is 466. The maximum absolute atomic E-state index is 11.8. The molecular formula is C13H21N3O3.